The molecule has 10 heteroatoms. The summed E-state index contributed by atoms with van der Waals surface area (Å²) in [6.45, 7) is 7.96. The Morgan fingerprint density at radius 1 is 1.30 bits per heavy atom. The summed E-state index contributed by atoms with van der Waals surface area (Å²) < 4.78 is 8.50. The topological polar surface area (TPSA) is 82.2 Å². The van der Waals surface area contributed by atoms with Gasteiger partial charge in [0.15, 0.2) is 0 Å². The van der Waals surface area contributed by atoms with Gasteiger partial charge in [0.1, 0.15) is 12.4 Å². The molecule has 0 spiro atoms. The van der Waals surface area contributed by atoms with E-state index in [-0.39, 0.29) is 5.56 Å². The average molecular weight is 530 g/mol. The minimum absolute atomic E-state index is 0.239. The van der Waals surface area contributed by atoms with Crippen LogP contribution < -0.4 is 11.1 Å². The molecule has 3 aromatic rings. The fourth-order valence-electron chi connectivity index (χ4n) is 2.82. The number of rotatable bonds is 7. The summed E-state index contributed by atoms with van der Waals surface area (Å²) in [5.74, 6) is -0.438. The number of carbonyl (C=O) groups is 1. The van der Waals surface area contributed by atoms with Crippen molar-refractivity contribution in [3.8, 4) is 0 Å². The van der Waals surface area contributed by atoms with Crippen molar-refractivity contribution in [1.29, 1.82) is 0 Å². The molecule has 0 bridgehead atoms. The summed E-state index contributed by atoms with van der Waals surface area (Å²) in [4.78, 5) is 17.2. The van der Waals surface area contributed by atoms with Crippen LogP contribution in [0.1, 0.15) is 10.4 Å². The van der Waals surface area contributed by atoms with Crippen molar-refractivity contribution in [2.75, 3.05) is 17.7 Å². The second-order valence-electron chi connectivity index (χ2n) is 8.12. The molecule has 3 rings (SSSR count). The zero-order chi connectivity index (χ0) is 22.1. The molecular formula is C20H23BrCl2N4O2Si. The van der Waals surface area contributed by atoms with Crippen LogP contribution >= 0.6 is 39.1 Å². The summed E-state index contributed by atoms with van der Waals surface area (Å²) in [5, 5.41) is 4.06. The van der Waals surface area contributed by atoms with Crippen molar-refractivity contribution >= 4 is 75.5 Å². The fraction of sp³-hybridized carbons (Fsp3) is 0.300. The number of para-hydroxylation sites is 1. The molecule has 0 saturated carbocycles. The quantitative estimate of drug-likeness (QED) is 0.280. The third-order valence-electron chi connectivity index (χ3n) is 4.58. The van der Waals surface area contributed by atoms with Crippen LogP contribution in [0.3, 0.4) is 0 Å². The lowest BCUT2D eigenvalue weighted by Gasteiger charge is -2.16. The highest BCUT2D eigenvalue weighted by Gasteiger charge is 2.19. The van der Waals surface area contributed by atoms with Crippen LogP contribution in [-0.2, 0) is 11.5 Å². The van der Waals surface area contributed by atoms with Crippen molar-refractivity contribution in [3.05, 3.63) is 50.7 Å². The van der Waals surface area contributed by atoms with E-state index < -0.39 is 14.0 Å². The molecule has 0 fully saturated rings. The van der Waals surface area contributed by atoms with Crippen molar-refractivity contribution in [2.24, 2.45) is 0 Å². The minimum Gasteiger partial charge on any atom is -0.397 e. The van der Waals surface area contributed by atoms with Crippen molar-refractivity contribution in [3.63, 3.8) is 0 Å². The van der Waals surface area contributed by atoms with E-state index in [1.54, 1.807) is 18.2 Å². The number of nitrogen functional groups attached to an aromatic ring is 1. The predicted octanol–water partition coefficient (Wildman–Crippen LogP) is 6.25. The summed E-state index contributed by atoms with van der Waals surface area (Å²) in [6.07, 6.45) is 1.45. The normalized spacial score (nSPS) is 11.8. The van der Waals surface area contributed by atoms with Crippen molar-refractivity contribution in [1.82, 2.24) is 9.55 Å². The Bertz CT molecular complexity index is 1080. The first kappa shape index (κ1) is 23.1. The van der Waals surface area contributed by atoms with Gasteiger partial charge >= 0.3 is 0 Å². The van der Waals surface area contributed by atoms with Crippen LogP contribution in [0, 0.1) is 0 Å². The highest BCUT2D eigenvalue weighted by atomic mass is 79.9. The molecule has 1 aromatic carbocycles. The molecule has 0 radical (unpaired) electrons. The van der Waals surface area contributed by atoms with E-state index in [9.17, 15) is 4.79 Å². The summed E-state index contributed by atoms with van der Waals surface area (Å²) in [7, 11) is -1.16. The average Bonchev–Trinajstić information content (AvgIpc) is 2.98. The minimum atomic E-state index is -1.16. The molecule has 6 nitrogen and oxygen atoms in total. The highest BCUT2D eigenvalue weighted by molar-refractivity contribution is 9.10. The molecule has 3 N–H and O–H groups in total. The number of nitrogens with one attached hydrogen (secondary N) is 1. The number of hydrogen-bond donors (Lipinski definition) is 2. The predicted molar refractivity (Wildman–Crippen MR) is 130 cm³/mol. The monoisotopic (exact) mass is 528 g/mol. The zero-order valence-electron chi connectivity index (χ0n) is 16.9. The van der Waals surface area contributed by atoms with Gasteiger partial charge in [-0.2, -0.15) is 0 Å². The second-order valence-corrected chi connectivity index (χ2v) is 15.4. The summed E-state index contributed by atoms with van der Waals surface area (Å²) >= 11 is 15.8. The number of ether oxygens (including phenoxy) is 1. The van der Waals surface area contributed by atoms with Gasteiger partial charge < -0.3 is 15.8 Å². The van der Waals surface area contributed by atoms with Crippen LogP contribution in [0.5, 0.6) is 0 Å². The molecule has 2 heterocycles. The van der Waals surface area contributed by atoms with Crippen LogP contribution in [0.2, 0.25) is 35.7 Å². The molecule has 160 valence electrons. The summed E-state index contributed by atoms with van der Waals surface area (Å²) in [6, 6.07) is 7.90. The standard InChI is InChI=1S/C20H23BrCl2N4O2Si/c1-30(2,3)8-7-29-11-27-16(21)9-12-17(24)13(10-25-19(12)27)20(28)26-18-14(22)5-4-6-15(18)23/h4-6,9-10H,7-8,11H2,1-3H3,(H2,24,25)(H,26,28). The Balaban J connectivity index is 1.83. The number of nitrogens with two attached hydrogens (primary N) is 1. The van der Waals surface area contributed by atoms with Gasteiger partial charge in [-0.15, -0.1) is 0 Å². The van der Waals surface area contributed by atoms with Gasteiger partial charge in [0.05, 0.1) is 31.6 Å². The lowest BCUT2D eigenvalue weighted by Crippen LogP contribution is -2.22. The van der Waals surface area contributed by atoms with Crippen LogP contribution in [0.15, 0.2) is 35.1 Å². The maximum atomic E-state index is 12.8. The number of halogens is 3. The molecule has 0 aliphatic heterocycles. The highest BCUT2D eigenvalue weighted by Crippen LogP contribution is 2.32. The van der Waals surface area contributed by atoms with E-state index in [4.69, 9.17) is 33.7 Å². The molecule has 1 amide bonds. The first-order chi connectivity index (χ1) is 14.1. The third-order valence-corrected chi connectivity index (χ3v) is 7.57. The number of anilines is 2. The first-order valence-electron chi connectivity index (χ1n) is 9.35. The maximum Gasteiger partial charge on any atom is 0.259 e. The van der Waals surface area contributed by atoms with Gasteiger partial charge in [0.2, 0.25) is 0 Å². The molecule has 0 saturated heterocycles. The van der Waals surface area contributed by atoms with E-state index in [2.05, 4.69) is 45.9 Å². The van der Waals surface area contributed by atoms with Gasteiger partial charge in [-0.05, 0) is 40.2 Å². The molecule has 0 atom stereocenters. The second kappa shape index (κ2) is 9.28. The van der Waals surface area contributed by atoms with Gasteiger partial charge in [0, 0.05) is 26.3 Å². The van der Waals surface area contributed by atoms with Crippen molar-refractivity contribution in [2.45, 2.75) is 32.4 Å². The smallest absolute Gasteiger partial charge is 0.259 e. The van der Waals surface area contributed by atoms with E-state index in [0.717, 1.165) is 10.6 Å². The SMILES string of the molecule is C[Si](C)(C)CCOCn1c(Br)cc2c(N)c(C(=O)Nc3c(Cl)cccc3Cl)cnc21. The zero-order valence-corrected chi connectivity index (χ0v) is 21.0. The molecule has 0 aliphatic carbocycles. The number of carbonyl (C=O) groups excluding carboxylic acids is 1. The first-order valence-corrected chi connectivity index (χ1v) is 14.6. The Labute approximate surface area is 194 Å². The molecule has 2 aromatic heterocycles. The summed E-state index contributed by atoms with van der Waals surface area (Å²) in [5.41, 5.74) is 7.84. The number of amides is 1. The van der Waals surface area contributed by atoms with Gasteiger partial charge in [-0.25, -0.2) is 4.98 Å². The maximum absolute atomic E-state index is 12.8. The number of fused-ring (bicyclic) bond motifs is 1. The lowest BCUT2D eigenvalue weighted by molar-refractivity contribution is 0.0885. The van der Waals surface area contributed by atoms with Gasteiger partial charge in [0.25, 0.3) is 5.91 Å². The number of hydrogen-bond acceptors (Lipinski definition) is 4. The number of benzene rings is 1. The molecular weight excluding hydrogens is 507 g/mol. The fourth-order valence-corrected chi connectivity index (χ4v) is 4.57. The van der Waals surface area contributed by atoms with Crippen molar-refractivity contribution < 1.29 is 9.53 Å². The molecule has 30 heavy (non-hydrogen) atoms. The molecule has 0 aliphatic rings. The van der Waals surface area contributed by atoms with E-state index in [1.807, 2.05) is 10.6 Å². The van der Waals surface area contributed by atoms with E-state index in [1.165, 1.54) is 6.20 Å². The van der Waals surface area contributed by atoms with Crippen LogP contribution in [0.4, 0.5) is 11.4 Å². The Morgan fingerprint density at radius 2 is 1.97 bits per heavy atom. The van der Waals surface area contributed by atoms with Crippen LogP contribution in [0.25, 0.3) is 11.0 Å². The van der Waals surface area contributed by atoms with E-state index in [0.29, 0.717) is 45.8 Å². The largest absolute Gasteiger partial charge is 0.397 e. The Morgan fingerprint density at radius 3 is 2.60 bits per heavy atom. The Hall–Kier alpha value is -1.58. The third kappa shape index (κ3) is 5.18. The number of pyridine rings is 1. The number of nitrogens with zero attached hydrogens (tertiary/aromatic N) is 2. The lowest BCUT2D eigenvalue weighted by atomic mass is 10.1. The van der Waals surface area contributed by atoms with Gasteiger partial charge in [-0.3, -0.25) is 9.36 Å². The Kier molecular flexibility index (Phi) is 7.14. The van der Waals surface area contributed by atoms with Crippen LogP contribution in [-0.4, -0.2) is 30.1 Å². The van der Waals surface area contributed by atoms with Gasteiger partial charge in [-0.1, -0.05) is 48.9 Å². The number of aromatic nitrogens is 2. The van der Waals surface area contributed by atoms with E-state index >= 15 is 0 Å². The molecule has 0 unspecified atom stereocenters.